The topological polar surface area (TPSA) is 17.1 Å². The van der Waals surface area contributed by atoms with Crippen molar-refractivity contribution < 1.29 is 4.79 Å². The van der Waals surface area contributed by atoms with Crippen LogP contribution in [0.2, 0.25) is 0 Å². The molecule has 0 unspecified atom stereocenters. The fraction of sp³-hybridized carbons (Fsp3) is 0.923. The van der Waals surface area contributed by atoms with Crippen LogP contribution in [0.1, 0.15) is 58.3 Å². The Bertz CT molecular complexity index is 173. The van der Waals surface area contributed by atoms with Gasteiger partial charge in [-0.3, -0.25) is 4.79 Å². The third kappa shape index (κ3) is 6.24. The first-order valence-corrected chi connectivity index (χ1v) is 7.58. The summed E-state index contributed by atoms with van der Waals surface area (Å²) in [5, 5.41) is 0. The monoisotopic (exact) mass is 228 g/mol. The second-order valence-electron chi connectivity index (χ2n) is 4.61. The predicted octanol–water partition coefficient (Wildman–Crippen LogP) is 4.06. The van der Waals surface area contributed by atoms with Gasteiger partial charge in [-0.25, -0.2) is 0 Å². The Balaban J connectivity index is 2.01. The van der Waals surface area contributed by atoms with Gasteiger partial charge < -0.3 is 0 Å². The third-order valence-electron chi connectivity index (χ3n) is 3.17. The van der Waals surface area contributed by atoms with Crippen LogP contribution < -0.4 is 0 Å². The van der Waals surface area contributed by atoms with Crippen molar-refractivity contribution in [3.8, 4) is 0 Å². The van der Waals surface area contributed by atoms with E-state index in [0.29, 0.717) is 11.7 Å². The molecule has 0 saturated carbocycles. The molecule has 2 heteroatoms. The minimum absolute atomic E-state index is 0.517. The van der Waals surface area contributed by atoms with Crippen LogP contribution in [0.4, 0.5) is 0 Å². The summed E-state index contributed by atoms with van der Waals surface area (Å²) in [5.41, 5.74) is 0. The molecular weight excluding hydrogens is 204 g/mol. The van der Waals surface area contributed by atoms with Crippen molar-refractivity contribution in [2.75, 3.05) is 11.5 Å². The molecular formula is C13H24OS. The van der Waals surface area contributed by atoms with Crippen molar-refractivity contribution in [1.29, 1.82) is 0 Å². The van der Waals surface area contributed by atoms with Gasteiger partial charge in [-0.15, -0.1) is 0 Å². The lowest BCUT2D eigenvalue weighted by atomic mass is 9.94. The Hall–Kier alpha value is 0.0200. The van der Waals surface area contributed by atoms with Gasteiger partial charge in [-0.05, 0) is 36.7 Å². The standard InChI is InChI=1S/C13H24OS/c1-2-3-4-5-6-13(14)11-12-7-9-15-10-8-12/h12H,2-11H2,1H3. The highest BCUT2D eigenvalue weighted by molar-refractivity contribution is 7.99. The minimum atomic E-state index is 0.517. The molecule has 0 aliphatic carbocycles. The number of hydrogen-bond acceptors (Lipinski definition) is 2. The summed E-state index contributed by atoms with van der Waals surface area (Å²) in [6.07, 6.45) is 9.14. The zero-order valence-corrected chi connectivity index (χ0v) is 10.8. The van der Waals surface area contributed by atoms with E-state index in [9.17, 15) is 4.79 Å². The fourth-order valence-corrected chi connectivity index (χ4v) is 3.33. The molecule has 1 heterocycles. The first-order valence-electron chi connectivity index (χ1n) is 6.42. The number of ketones is 1. The summed E-state index contributed by atoms with van der Waals surface area (Å²) in [7, 11) is 0. The molecule has 1 saturated heterocycles. The summed E-state index contributed by atoms with van der Waals surface area (Å²) < 4.78 is 0. The van der Waals surface area contributed by atoms with Crippen molar-refractivity contribution in [1.82, 2.24) is 0 Å². The van der Waals surface area contributed by atoms with E-state index in [1.54, 1.807) is 0 Å². The van der Waals surface area contributed by atoms with E-state index in [4.69, 9.17) is 0 Å². The highest BCUT2D eigenvalue weighted by atomic mass is 32.2. The zero-order valence-electron chi connectivity index (χ0n) is 9.96. The van der Waals surface area contributed by atoms with Crippen LogP contribution in [-0.4, -0.2) is 17.3 Å². The van der Waals surface area contributed by atoms with Crippen LogP contribution in [-0.2, 0) is 4.79 Å². The number of rotatable bonds is 7. The maximum Gasteiger partial charge on any atom is 0.133 e. The van der Waals surface area contributed by atoms with Gasteiger partial charge in [0.2, 0.25) is 0 Å². The van der Waals surface area contributed by atoms with Gasteiger partial charge in [0.1, 0.15) is 5.78 Å². The summed E-state index contributed by atoms with van der Waals surface area (Å²) in [6, 6.07) is 0. The molecule has 0 N–H and O–H groups in total. The Morgan fingerprint density at radius 1 is 1.20 bits per heavy atom. The van der Waals surface area contributed by atoms with E-state index in [1.165, 1.54) is 43.6 Å². The second kappa shape index (κ2) is 8.20. The molecule has 1 aliphatic heterocycles. The normalized spacial score (nSPS) is 17.9. The zero-order chi connectivity index (χ0) is 10.9. The first-order chi connectivity index (χ1) is 7.33. The van der Waals surface area contributed by atoms with E-state index in [-0.39, 0.29) is 0 Å². The smallest absolute Gasteiger partial charge is 0.133 e. The maximum absolute atomic E-state index is 11.7. The van der Waals surface area contributed by atoms with Crippen LogP contribution in [0.15, 0.2) is 0 Å². The van der Waals surface area contributed by atoms with Gasteiger partial charge in [0, 0.05) is 12.8 Å². The SMILES string of the molecule is CCCCCCC(=O)CC1CCSCC1. The van der Waals surface area contributed by atoms with Crippen molar-refractivity contribution in [2.45, 2.75) is 58.3 Å². The molecule has 0 aromatic heterocycles. The molecule has 0 aromatic carbocycles. The van der Waals surface area contributed by atoms with Crippen LogP contribution in [0.5, 0.6) is 0 Å². The van der Waals surface area contributed by atoms with Crippen LogP contribution in [0.3, 0.4) is 0 Å². The number of Topliss-reactive ketones (excluding diaryl/α,β-unsaturated/α-hetero) is 1. The van der Waals surface area contributed by atoms with E-state index in [0.717, 1.165) is 19.3 Å². The molecule has 0 bridgehead atoms. The van der Waals surface area contributed by atoms with E-state index in [1.807, 2.05) is 11.8 Å². The molecule has 0 radical (unpaired) electrons. The van der Waals surface area contributed by atoms with Crippen LogP contribution in [0, 0.1) is 5.92 Å². The lowest BCUT2D eigenvalue weighted by molar-refractivity contribution is -0.120. The Labute approximate surface area is 98.4 Å². The molecule has 0 atom stereocenters. The molecule has 15 heavy (non-hydrogen) atoms. The Morgan fingerprint density at radius 2 is 1.93 bits per heavy atom. The first kappa shape index (κ1) is 13.1. The number of unbranched alkanes of at least 4 members (excludes halogenated alkanes) is 3. The van der Waals surface area contributed by atoms with E-state index in [2.05, 4.69) is 6.92 Å². The molecule has 0 spiro atoms. The molecule has 0 amide bonds. The van der Waals surface area contributed by atoms with Crippen molar-refractivity contribution in [3.63, 3.8) is 0 Å². The highest BCUT2D eigenvalue weighted by Crippen LogP contribution is 2.26. The summed E-state index contributed by atoms with van der Waals surface area (Å²) in [4.78, 5) is 11.7. The average molecular weight is 228 g/mol. The van der Waals surface area contributed by atoms with Crippen LogP contribution >= 0.6 is 11.8 Å². The molecule has 1 nitrogen and oxygen atoms in total. The molecule has 88 valence electrons. The molecule has 0 aromatic rings. The average Bonchev–Trinajstić information content (AvgIpc) is 2.26. The minimum Gasteiger partial charge on any atom is -0.300 e. The number of hydrogen-bond donors (Lipinski definition) is 0. The second-order valence-corrected chi connectivity index (χ2v) is 5.83. The Kier molecular flexibility index (Phi) is 7.16. The molecule has 1 aliphatic rings. The van der Waals surface area contributed by atoms with Gasteiger partial charge in [-0.1, -0.05) is 26.2 Å². The van der Waals surface area contributed by atoms with Crippen molar-refractivity contribution >= 4 is 17.5 Å². The maximum atomic E-state index is 11.7. The molecule has 1 fully saturated rings. The summed E-state index contributed by atoms with van der Waals surface area (Å²) >= 11 is 2.04. The Morgan fingerprint density at radius 3 is 2.60 bits per heavy atom. The van der Waals surface area contributed by atoms with Gasteiger partial charge in [0.05, 0.1) is 0 Å². The van der Waals surface area contributed by atoms with Crippen molar-refractivity contribution in [3.05, 3.63) is 0 Å². The fourth-order valence-electron chi connectivity index (χ4n) is 2.12. The van der Waals surface area contributed by atoms with Gasteiger partial charge >= 0.3 is 0 Å². The number of thioether (sulfide) groups is 1. The van der Waals surface area contributed by atoms with Gasteiger partial charge in [0.15, 0.2) is 0 Å². The number of carbonyl (C=O) groups excluding carboxylic acids is 1. The quantitative estimate of drug-likeness (QED) is 0.611. The highest BCUT2D eigenvalue weighted by Gasteiger charge is 2.16. The van der Waals surface area contributed by atoms with Crippen molar-refractivity contribution in [2.24, 2.45) is 5.92 Å². The van der Waals surface area contributed by atoms with E-state index >= 15 is 0 Å². The van der Waals surface area contributed by atoms with Gasteiger partial charge in [0.25, 0.3) is 0 Å². The molecule has 1 rings (SSSR count). The number of carbonyl (C=O) groups is 1. The summed E-state index contributed by atoms with van der Waals surface area (Å²) in [6.45, 7) is 2.21. The third-order valence-corrected chi connectivity index (χ3v) is 4.22. The van der Waals surface area contributed by atoms with Crippen LogP contribution in [0.25, 0.3) is 0 Å². The van der Waals surface area contributed by atoms with E-state index < -0.39 is 0 Å². The lowest BCUT2D eigenvalue weighted by Crippen LogP contribution is -2.14. The predicted molar refractivity (Wildman–Crippen MR) is 68.4 cm³/mol. The lowest BCUT2D eigenvalue weighted by Gasteiger charge is -2.20. The largest absolute Gasteiger partial charge is 0.300 e. The summed E-state index contributed by atoms with van der Waals surface area (Å²) in [5.74, 6) is 3.77. The van der Waals surface area contributed by atoms with Gasteiger partial charge in [-0.2, -0.15) is 11.8 Å².